The van der Waals surface area contributed by atoms with Gasteiger partial charge in [0.05, 0.1) is 5.69 Å². The van der Waals surface area contributed by atoms with Crippen LogP contribution in [-0.4, -0.2) is 5.91 Å². The molecule has 1 heterocycles. The quantitative estimate of drug-likeness (QED) is 0.603. The molecule has 1 aliphatic heterocycles. The van der Waals surface area contributed by atoms with E-state index in [2.05, 4.69) is 5.32 Å². The standard InChI is InChI=1S/C22H15ClFNO2/c23-16-5-10-19-20(22(26)25-21(19)12-16)11-14-3-8-18(9-4-14)27-13-15-1-6-17(24)7-2-15/h1-12H,13H2,(H,25,26)/b20-11+. The maximum atomic E-state index is 12.9. The molecule has 0 atom stereocenters. The largest absolute Gasteiger partial charge is 0.489 e. The maximum absolute atomic E-state index is 12.9. The van der Waals surface area contributed by atoms with Gasteiger partial charge in [0, 0.05) is 16.2 Å². The summed E-state index contributed by atoms with van der Waals surface area (Å²) < 4.78 is 18.6. The van der Waals surface area contributed by atoms with E-state index >= 15 is 0 Å². The van der Waals surface area contributed by atoms with Gasteiger partial charge in [0.1, 0.15) is 18.2 Å². The van der Waals surface area contributed by atoms with E-state index in [0.717, 1.165) is 22.4 Å². The Labute approximate surface area is 161 Å². The second-order valence-corrected chi connectivity index (χ2v) is 6.62. The monoisotopic (exact) mass is 379 g/mol. The second-order valence-electron chi connectivity index (χ2n) is 6.19. The number of rotatable bonds is 4. The van der Waals surface area contributed by atoms with Gasteiger partial charge < -0.3 is 10.1 Å². The number of hydrogen-bond donors (Lipinski definition) is 1. The molecule has 3 aromatic rings. The molecule has 3 aromatic carbocycles. The maximum Gasteiger partial charge on any atom is 0.256 e. The average Bonchev–Trinajstić information content (AvgIpc) is 2.97. The van der Waals surface area contributed by atoms with E-state index in [9.17, 15) is 9.18 Å². The van der Waals surface area contributed by atoms with Crippen molar-refractivity contribution in [2.24, 2.45) is 0 Å². The summed E-state index contributed by atoms with van der Waals surface area (Å²) in [6, 6.07) is 19.0. The Morgan fingerprint density at radius 1 is 1.00 bits per heavy atom. The number of carbonyl (C=O) groups excluding carboxylic acids is 1. The summed E-state index contributed by atoms with van der Waals surface area (Å²) in [5.74, 6) is 0.282. The molecule has 0 aromatic heterocycles. The molecule has 0 radical (unpaired) electrons. The fraction of sp³-hybridized carbons (Fsp3) is 0.0455. The SMILES string of the molecule is O=C1Nc2cc(Cl)ccc2/C1=C\c1ccc(OCc2ccc(F)cc2)cc1. The molecule has 0 unspecified atom stereocenters. The number of nitrogens with one attached hydrogen (secondary N) is 1. The Bertz CT molecular complexity index is 1030. The number of carbonyl (C=O) groups is 1. The zero-order valence-corrected chi connectivity index (χ0v) is 15.0. The fourth-order valence-electron chi connectivity index (χ4n) is 2.88. The van der Waals surface area contributed by atoms with E-state index in [1.54, 1.807) is 24.3 Å². The molecule has 0 bridgehead atoms. The van der Waals surface area contributed by atoms with Crippen molar-refractivity contribution in [3.05, 3.63) is 94.3 Å². The Morgan fingerprint density at radius 2 is 1.74 bits per heavy atom. The molecule has 0 spiro atoms. The Balaban J connectivity index is 1.49. The van der Waals surface area contributed by atoms with Crippen molar-refractivity contribution in [3.8, 4) is 5.75 Å². The molecule has 134 valence electrons. The van der Waals surface area contributed by atoms with Gasteiger partial charge in [-0.3, -0.25) is 4.79 Å². The summed E-state index contributed by atoms with van der Waals surface area (Å²) in [6.45, 7) is 0.358. The van der Waals surface area contributed by atoms with Crippen LogP contribution in [0.3, 0.4) is 0 Å². The summed E-state index contributed by atoms with van der Waals surface area (Å²) in [7, 11) is 0. The summed E-state index contributed by atoms with van der Waals surface area (Å²) in [5, 5.41) is 3.40. The summed E-state index contributed by atoms with van der Waals surface area (Å²) in [6.07, 6.45) is 1.83. The van der Waals surface area contributed by atoms with Gasteiger partial charge in [-0.2, -0.15) is 0 Å². The third-order valence-electron chi connectivity index (χ3n) is 4.27. The lowest BCUT2D eigenvalue weighted by Crippen LogP contribution is -2.03. The number of hydrogen-bond acceptors (Lipinski definition) is 2. The molecule has 1 aliphatic rings. The lowest BCUT2D eigenvalue weighted by molar-refractivity contribution is -0.110. The number of benzene rings is 3. The van der Waals surface area contributed by atoms with Gasteiger partial charge in [0.15, 0.2) is 0 Å². The minimum Gasteiger partial charge on any atom is -0.489 e. The number of ether oxygens (including phenoxy) is 1. The molecular formula is C22H15ClFNO2. The molecule has 0 saturated heterocycles. The lowest BCUT2D eigenvalue weighted by Gasteiger charge is -2.07. The smallest absolute Gasteiger partial charge is 0.256 e. The van der Waals surface area contributed by atoms with Gasteiger partial charge in [-0.05, 0) is 53.6 Å². The van der Waals surface area contributed by atoms with Crippen molar-refractivity contribution < 1.29 is 13.9 Å². The molecule has 5 heteroatoms. The van der Waals surface area contributed by atoms with Gasteiger partial charge in [-0.25, -0.2) is 4.39 Å². The minimum absolute atomic E-state index is 0.149. The van der Waals surface area contributed by atoms with Crippen LogP contribution in [0.2, 0.25) is 5.02 Å². The van der Waals surface area contributed by atoms with Gasteiger partial charge in [-0.15, -0.1) is 0 Å². The highest BCUT2D eigenvalue weighted by Crippen LogP contribution is 2.35. The van der Waals surface area contributed by atoms with Crippen LogP contribution in [0.5, 0.6) is 5.75 Å². The van der Waals surface area contributed by atoms with Crippen LogP contribution >= 0.6 is 11.6 Å². The van der Waals surface area contributed by atoms with Crippen LogP contribution in [0, 0.1) is 5.82 Å². The summed E-state index contributed by atoms with van der Waals surface area (Å²) >= 11 is 5.97. The van der Waals surface area contributed by atoms with Crippen molar-refractivity contribution in [1.82, 2.24) is 0 Å². The zero-order chi connectivity index (χ0) is 18.8. The van der Waals surface area contributed by atoms with Crippen LogP contribution in [0.15, 0.2) is 66.7 Å². The third kappa shape index (κ3) is 3.86. The van der Waals surface area contributed by atoms with Gasteiger partial charge >= 0.3 is 0 Å². The number of fused-ring (bicyclic) bond motifs is 1. The van der Waals surface area contributed by atoms with E-state index in [1.807, 2.05) is 36.4 Å². The van der Waals surface area contributed by atoms with Gasteiger partial charge in [-0.1, -0.05) is 41.9 Å². The first kappa shape index (κ1) is 17.3. The summed E-state index contributed by atoms with van der Waals surface area (Å²) in [5.41, 5.74) is 3.93. The Kier molecular flexibility index (Phi) is 4.65. The van der Waals surface area contributed by atoms with Crippen LogP contribution < -0.4 is 10.1 Å². The molecular weight excluding hydrogens is 365 g/mol. The lowest BCUT2D eigenvalue weighted by atomic mass is 10.0. The van der Waals surface area contributed by atoms with E-state index in [4.69, 9.17) is 16.3 Å². The fourth-order valence-corrected chi connectivity index (χ4v) is 3.06. The molecule has 0 saturated carbocycles. The van der Waals surface area contributed by atoms with E-state index in [-0.39, 0.29) is 11.7 Å². The van der Waals surface area contributed by atoms with E-state index in [1.165, 1.54) is 12.1 Å². The van der Waals surface area contributed by atoms with Gasteiger partial charge in [0.2, 0.25) is 0 Å². The third-order valence-corrected chi connectivity index (χ3v) is 4.51. The highest BCUT2D eigenvalue weighted by molar-refractivity contribution is 6.36. The van der Waals surface area contributed by atoms with E-state index < -0.39 is 0 Å². The van der Waals surface area contributed by atoms with Crippen molar-refractivity contribution in [1.29, 1.82) is 0 Å². The van der Waals surface area contributed by atoms with Crippen LogP contribution in [-0.2, 0) is 11.4 Å². The van der Waals surface area contributed by atoms with Crippen LogP contribution in [0.1, 0.15) is 16.7 Å². The average molecular weight is 380 g/mol. The Hall–Kier alpha value is -3.11. The predicted molar refractivity (Wildman–Crippen MR) is 105 cm³/mol. The minimum atomic E-state index is -0.268. The normalized spacial score (nSPS) is 14.1. The van der Waals surface area contributed by atoms with Crippen molar-refractivity contribution in [2.45, 2.75) is 6.61 Å². The Morgan fingerprint density at radius 3 is 2.48 bits per heavy atom. The molecule has 0 aliphatic carbocycles. The summed E-state index contributed by atoms with van der Waals surface area (Å²) in [4.78, 5) is 12.2. The first-order valence-corrected chi connectivity index (χ1v) is 8.76. The molecule has 0 fully saturated rings. The zero-order valence-electron chi connectivity index (χ0n) is 14.2. The molecule has 3 nitrogen and oxygen atoms in total. The first-order chi connectivity index (χ1) is 13.1. The number of anilines is 1. The number of halogens is 2. The molecule has 1 N–H and O–H groups in total. The van der Waals surface area contributed by atoms with Crippen molar-refractivity contribution >= 4 is 34.8 Å². The topological polar surface area (TPSA) is 38.3 Å². The molecule has 27 heavy (non-hydrogen) atoms. The first-order valence-electron chi connectivity index (χ1n) is 8.39. The van der Waals surface area contributed by atoms with Crippen LogP contribution in [0.25, 0.3) is 11.6 Å². The highest BCUT2D eigenvalue weighted by Gasteiger charge is 2.23. The van der Waals surface area contributed by atoms with Gasteiger partial charge in [0.25, 0.3) is 5.91 Å². The highest BCUT2D eigenvalue weighted by atomic mass is 35.5. The number of amides is 1. The van der Waals surface area contributed by atoms with Crippen LogP contribution in [0.4, 0.5) is 10.1 Å². The second kappa shape index (κ2) is 7.25. The van der Waals surface area contributed by atoms with E-state index in [0.29, 0.717) is 23.0 Å². The molecule has 1 amide bonds. The van der Waals surface area contributed by atoms with Crippen molar-refractivity contribution in [3.63, 3.8) is 0 Å². The predicted octanol–water partition coefficient (Wildman–Crippen LogP) is 5.55. The molecule has 4 rings (SSSR count). The van der Waals surface area contributed by atoms with Crippen molar-refractivity contribution in [2.75, 3.05) is 5.32 Å².